The number of likely N-dealkylation sites (tertiary alicyclic amines) is 1. The van der Waals surface area contributed by atoms with E-state index in [1.807, 2.05) is 6.92 Å². The molecule has 2 saturated heterocycles. The highest BCUT2D eigenvalue weighted by Crippen LogP contribution is 2.29. The number of aliphatic hydroxyl groups excluding tert-OH is 2. The first-order valence-electron chi connectivity index (χ1n) is 6.41. The lowest BCUT2D eigenvalue weighted by molar-refractivity contribution is -0.0707. The Bertz CT molecular complexity index is 218. The second-order valence-electron chi connectivity index (χ2n) is 5.06. The van der Waals surface area contributed by atoms with Crippen molar-refractivity contribution in [3.8, 4) is 0 Å². The summed E-state index contributed by atoms with van der Waals surface area (Å²) >= 11 is 0. The van der Waals surface area contributed by atoms with Crippen LogP contribution in [0.25, 0.3) is 0 Å². The van der Waals surface area contributed by atoms with Crippen molar-refractivity contribution in [3.05, 3.63) is 0 Å². The topological polar surface area (TPSA) is 52.9 Å². The van der Waals surface area contributed by atoms with Gasteiger partial charge in [0, 0.05) is 6.04 Å². The van der Waals surface area contributed by atoms with E-state index < -0.39 is 6.10 Å². The van der Waals surface area contributed by atoms with Crippen molar-refractivity contribution in [3.63, 3.8) is 0 Å². The van der Waals surface area contributed by atoms with E-state index in [2.05, 4.69) is 4.90 Å². The van der Waals surface area contributed by atoms with Gasteiger partial charge in [0.2, 0.25) is 0 Å². The molecule has 0 radical (unpaired) electrons. The summed E-state index contributed by atoms with van der Waals surface area (Å²) in [6.45, 7) is 4.05. The smallest absolute Gasteiger partial charge is 0.105 e. The molecule has 2 rings (SSSR count). The Kier molecular flexibility index (Phi) is 4.19. The fourth-order valence-corrected chi connectivity index (χ4v) is 2.95. The number of aliphatic hydroxyl groups is 2. The molecular weight excluding hydrogens is 206 g/mol. The third kappa shape index (κ3) is 2.56. The molecule has 0 aromatic rings. The van der Waals surface area contributed by atoms with Crippen molar-refractivity contribution in [2.24, 2.45) is 0 Å². The molecule has 4 nitrogen and oxygen atoms in total. The molecule has 0 amide bonds. The van der Waals surface area contributed by atoms with Crippen molar-refractivity contribution < 1.29 is 14.9 Å². The van der Waals surface area contributed by atoms with E-state index in [-0.39, 0.29) is 24.9 Å². The summed E-state index contributed by atoms with van der Waals surface area (Å²) in [6, 6.07) is 0.289. The first-order valence-corrected chi connectivity index (χ1v) is 6.41. The highest BCUT2D eigenvalue weighted by molar-refractivity contribution is 4.92. The van der Waals surface area contributed by atoms with Gasteiger partial charge in [0.05, 0.1) is 12.7 Å². The highest BCUT2D eigenvalue weighted by atomic mass is 16.5. The molecule has 0 aromatic heterocycles. The first kappa shape index (κ1) is 12.3. The molecule has 16 heavy (non-hydrogen) atoms. The summed E-state index contributed by atoms with van der Waals surface area (Å²) in [5.41, 5.74) is 0. The molecule has 0 aliphatic carbocycles. The molecule has 2 heterocycles. The second-order valence-corrected chi connectivity index (χ2v) is 5.06. The van der Waals surface area contributed by atoms with Gasteiger partial charge in [0.25, 0.3) is 0 Å². The van der Waals surface area contributed by atoms with Crippen LogP contribution in [-0.2, 0) is 4.74 Å². The Hall–Kier alpha value is -0.160. The monoisotopic (exact) mass is 229 g/mol. The molecule has 0 aromatic carbocycles. The van der Waals surface area contributed by atoms with Crippen LogP contribution in [0.4, 0.5) is 0 Å². The van der Waals surface area contributed by atoms with E-state index in [4.69, 9.17) is 9.84 Å². The van der Waals surface area contributed by atoms with Crippen LogP contribution in [0.5, 0.6) is 0 Å². The molecule has 1 unspecified atom stereocenters. The predicted molar refractivity (Wildman–Crippen MR) is 61.3 cm³/mol. The fourth-order valence-electron chi connectivity index (χ4n) is 2.95. The van der Waals surface area contributed by atoms with Gasteiger partial charge >= 0.3 is 0 Å². The maximum absolute atomic E-state index is 9.77. The van der Waals surface area contributed by atoms with Gasteiger partial charge in [-0.15, -0.1) is 0 Å². The van der Waals surface area contributed by atoms with Crippen molar-refractivity contribution >= 4 is 0 Å². The van der Waals surface area contributed by atoms with E-state index in [1.54, 1.807) is 0 Å². The van der Waals surface area contributed by atoms with Crippen LogP contribution < -0.4 is 0 Å². The summed E-state index contributed by atoms with van der Waals surface area (Å²) in [4.78, 5) is 2.43. The van der Waals surface area contributed by atoms with Gasteiger partial charge in [-0.25, -0.2) is 0 Å². The third-order valence-electron chi connectivity index (χ3n) is 3.77. The minimum absolute atomic E-state index is 0.193. The Morgan fingerprint density at radius 1 is 1.31 bits per heavy atom. The van der Waals surface area contributed by atoms with E-state index in [0.717, 1.165) is 19.5 Å². The van der Waals surface area contributed by atoms with Crippen LogP contribution in [0.1, 0.15) is 32.6 Å². The number of nitrogens with zero attached hydrogens (tertiary/aromatic N) is 1. The predicted octanol–water partition coefficient (Wildman–Crippen LogP) is 0.371. The maximum Gasteiger partial charge on any atom is 0.105 e. The van der Waals surface area contributed by atoms with E-state index in [0.29, 0.717) is 0 Å². The standard InChI is InChI=1S/C12H23NO3/c1-9-7-10(12(16-9)11(15)8-14)13-5-3-2-4-6-13/h9-12,14-15H,2-8H2,1H3/t9-,10+,11?,12-/m0/s1. The maximum atomic E-state index is 9.77. The Labute approximate surface area is 97.2 Å². The number of ether oxygens (including phenoxy) is 1. The molecule has 0 bridgehead atoms. The normalized spacial score (nSPS) is 38.8. The second kappa shape index (κ2) is 5.45. The molecule has 2 aliphatic rings. The van der Waals surface area contributed by atoms with Crippen LogP contribution in [-0.4, -0.2) is 59.2 Å². The molecule has 2 fully saturated rings. The van der Waals surface area contributed by atoms with Crippen molar-refractivity contribution in [2.45, 2.75) is 57.0 Å². The van der Waals surface area contributed by atoms with Crippen LogP contribution in [0.2, 0.25) is 0 Å². The number of piperidine rings is 1. The molecule has 2 N–H and O–H groups in total. The van der Waals surface area contributed by atoms with Crippen molar-refractivity contribution in [1.29, 1.82) is 0 Å². The number of hydrogen-bond donors (Lipinski definition) is 2. The van der Waals surface area contributed by atoms with Crippen LogP contribution in [0, 0.1) is 0 Å². The Balaban J connectivity index is 1.99. The van der Waals surface area contributed by atoms with Gasteiger partial charge in [-0.2, -0.15) is 0 Å². The molecule has 4 atom stereocenters. The minimum atomic E-state index is -0.739. The van der Waals surface area contributed by atoms with Gasteiger partial charge in [-0.1, -0.05) is 6.42 Å². The summed E-state index contributed by atoms with van der Waals surface area (Å²) in [5, 5.41) is 18.8. The van der Waals surface area contributed by atoms with Crippen molar-refractivity contribution in [2.75, 3.05) is 19.7 Å². The quantitative estimate of drug-likeness (QED) is 0.734. The molecule has 4 heteroatoms. The largest absolute Gasteiger partial charge is 0.394 e. The van der Waals surface area contributed by atoms with Gasteiger partial charge in [0.1, 0.15) is 12.2 Å². The van der Waals surface area contributed by atoms with Gasteiger partial charge in [-0.3, -0.25) is 4.90 Å². The summed E-state index contributed by atoms with van der Waals surface area (Å²) < 4.78 is 5.73. The lowest BCUT2D eigenvalue weighted by Crippen LogP contribution is -2.48. The van der Waals surface area contributed by atoms with E-state index >= 15 is 0 Å². The van der Waals surface area contributed by atoms with E-state index in [9.17, 15) is 5.11 Å². The first-order chi connectivity index (χ1) is 7.72. The highest BCUT2D eigenvalue weighted by Gasteiger charge is 2.40. The third-order valence-corrected chi connectivity index (χ3v) is 3.77. The summed E-state index contributed by atoms with van der Waals surface area (Å²) in [7, 11) is 0. The minimum Gasteiger partial charge on any atom is -0.394 e. The van der Waals surface area contributed by atoms with Crippen LogP contribution in [0.3, 0.4) is 0 Å². The lowest BCUT2D eigenvalue weighted by atomic mass is 9.99. The van der Waals surface area contributed by atoms with Gasteiger partial charge in [-0.05, 0) is 39.3 Å². The molecule has 2 aliphatic heterocycles. The van der Waals surface area contributed by atoms with Crippen molar-refractivity contribution in [1.82, 2.24) is 4.90 Å². The summed E-state index contributed by atoms with van der Waals surface area (Å²) in [5.74, 6) is 0. The number of hydrogen-bond acceptors (Lipinski definition) is 4. The molecular formula is C12H23NO3. The zero-order valence-electron chi connectivity index (χ0n) is 10.0. The molecule has 0 spiro atoms. The average molecular weight is 229 g/mol. The lowest BCUT2D eigenvalue weighted by Gasteiger charge is -2.35. The summed E-state index contributed by atoms with van der Waals surface area (Å²) in [6.07, 6.45) is 4.02. The zero-order chi connectivity index (χ0) is 11.5. The van der Waals surface area contributed by atoms with E-state index in [1.165, 1.54) is 19.3 Å². The number of rotatable bonds is 3. The van der Waals surface area contributed by atoms with Gasteiger partial charge < -0.3 is 14.9 Å². The molecule has 0 saturated carbocycles. The van der Waals surface area contributed by atoms with Gasteiger partial charge in [0.15, 0.2) is 0 Å². The Morgan fingerprint density at radius 2 is 2.00 bits per heavy atom. The zero-order valence-corrected chi connectivity index (χ0v) is 10.0. The Morgan fingerprint density at radius 3 is 2.62 bits per heavy atom. The fraction of sp³-hybridized carbons (Fsp3) is 1.00. The van der Waals surface area contributed by atoms with Crippen LogP contribution >= 0.6 is 0 Å². The molecule has 94 valence electrons. The SMILES string of the molecule is C[C@H]1C[C@@H](N2CCCCC2)[C@@H](C(O)CO)O1. The van der Waals surface area contributed by atoms with Crippen LogP contribution in [0.15, 0.2) is 0 Å². The average Bonchev–Trinajstić information content (AvgIpc) is 2.71.